The van der Waals surface area contributed by atoms with Crippen molar-refractivity contribution in [3.05, 3.63) is 95.3 Å². The van der Waals surface area contributed by atoms with Crippen LogP contribution in [0.1, 0.15) is 29.0 Å². The molecule has 0 atom stereocenters. The second-order valence-electron chi connectivity index (χ2n) is 7.23. The van der Waals surface area contributed by atoms with E-state index < -0.39 is 0 Å². The number of unbranched alkanes of at least 4 members (excludes halogenated alkanes) is 1. The van der Waals surface area contributed by atoms with E-state index in [1.165, 1.54) is 0 Å². The Morgan fingerprint density at radius 2 is 1.68 bits per heavy atom. The minimum absolute atomic E-state index is 0.101. The number of halogens is 1. The fourth-order valence-electron chi connectivity index (χ4n) is 3.45. The number of nitrogens with zero attached hydrogens (tertiary/aromatic N) is 2. The number of ether oxygens (including phenoxy) is 1. The van der Waals surface area contributed by atoms with Crippen LogP contribution in [0.15, 0.2) is 78.9 Å². The molecule has 31 heavy (non-hydrogen) atoms. The molecule has 0 aliphatic carbocycles. The molecule has 1 N–H and O–H groups in total. The summed E-state index contributed by atoms with van der Waals surface area (Å²) in [4.78, 5) is 17.2. The zero-order valence-corrected chi connectivity index (χ0v) is 17.9. The van der Waals surface area contributed by atoms with Crippen molar-refractivity contribution >= 4 is 28.5 Å². The van der Waals surface area contributed by atoms with Crippen molar-refractivity contribution in [2.45, 2.75) is 25.9 Å². The van der Waals surface area contributed by atoms with E-state index in [2.05, 4.69) is 16.0 Å². The average molecular weight is 434 g/mol. The van der Waals surface area contributed by atoms with Gasteiger partial charge in [0.05, 0.1) is 24.2 Å². The van der Waals surface area contributed by atoms with Gasteiger partial charge in [-0.2, -0.15) is 0 Å². The Balaban J connectivity index is 1.37. The fraction of sp³-hybridized carbons (Fsp3) is 0.200. The maximum absolute atomic E-state index is 12.4. The monoisotopic (exact) mass is 433 g/mol. The Hall–Kier alpha value is -3.31. The Bertz CT molecular complexity index is 1140. The van der Waals surface area contributed by atoms with Crippen LogP contribution in [0.25, 0.3) is 11.0 Å². The third kappa shape index (κ3) is 5.44. The van der Waals surface area contributed by atoms with E-state index in [1.807, 2.05) is 60.7 Å². The lowest BCUT2D eigenvalue weighted by atomic mass is 10.2. The minimum Gasteiger partial charge on any atom is -0.494 e. The van der Waals surface area contributed by atoms with Gasteiger partial charge in [-0.1, -0.05) is 41.9 Å². The van der Waals surface area contributed by atoms with Crippen molar-refractivity contribution in [2.75, 3.05) is 6.61 Å². The van der Waals surface area contributed by atoms with E-state index in [4.69, 9.17) is 21.3 Å². The highest BCUT2D eigenvalue weighted by molar-refractivity contribution is 6.30. The maximum atomic E-state index is 12.4. The average Bonchev–Trinajstić information content (AvgIpc) is 3.16. The molecule has 5 nitrogen and oxygen atoms in total. The largest absolute Gasteiger partial charge is 0.494 e. The van der Waals surface area contributed by atoms with Gasteiger partial charge >= 0.3 is 0 Å². The van der Waals surface area contributed by atoms with E-state index in [9.17, 15) is 4.79 Å². The smallest absolute Gasteiger partial charge is 0.251 e. The number of para-hydroxylation sites is 2. The SMILES string of the molecule is O=C(NCc1nc2ccccc2n1CCCCOc1ccc(Cl)cc1)c1ccccc1. The van der Waals surface area contributed by atoms with E-state index in [-0.39, 0.29) is 5.91 Å². The Labute approximate surface area is 186 Å². The normalized spacial score (nSPS) is 10.9. The molecule has 4 rings (SSSR count). The molecule has 1 aromatic heterocycles. The number of imidazole rings is 1. The number of aryl methyl sites for hydroxylation is 1. The van der Waals surface area contributed by atoms with Gasteiger partial charge in [-0.15, -0.1) is 0 Å². The number of hydrogen-bond acceptors (Lipinski definition) is 3. The van der Waals surface area contributed by atoms with Crippen LogP contribution in [0.2, 0.25) is 5.02 Å². The van der Waals surface area contributed by atoms with Crippen LogP contribution in [0.3, 0.4) is 0 Å². The highest BCUT2D eigenvalue weighted by atomic mass is 35.5. The van der Waals surface area contributed by atoms with E-state index in [0.717, 1.165) is 42.0 Å². The second kappa shape index (κ2) is 10.1. The first kappa shape index (κ1) is 20.9. The molecule has 6 heteroatoms. The molecule has 0 saturated heterocycles. The first-order valence-electron chi connectivity index (χ1n) is 10.4. The van der Waals surface area contributed by atoms with Crippen LogP contribution in [0.4, 0.5) is 0 Å². The molecule has 0 unspecified atom stereocenters. The van der Waals surface area contributed by atoms with Gasteiger partial charge in [0.15, 0.2) is 0 Å². The van der Waals surface area contributed by atoms with Gasteiger partial charge in [-0.05, 0) is 61.4 Å². The molecule has 158 valence electrons. The lowest BCUT2D eigenvalue weighted by Crippen LogP contribution is -2.24. The third-order valence-corrected chi connectivity index (χ3v) is 5.29. The van der Waals surface area contributed by atoms with Crippen molar-refractivity contribution in [3.8, 4) is 5.75 Å². The summed E-state index contributed by atoms with van der Waals surface area (Å²) < 4.78 is 7.97. The number of fused-ring (bicyclic) bond motifs is 1. The van der Waals surface area contributed by atoms with Crippen molar-refractivity contribution in [3.63, 3.8) is 0 Å². The molecule has 0 aliphatic heterocycles. The van der Waals surface area contributed by atoms with Crippen molar-refractivity contribution in [1.29, 1.82) is 0 Å². The van der Waals surface area contributed by atoms with Crippen LogP contribution >= 0.6 is 11.6 Å². The zero-order valence-electron chi connectivity index (χ0n) is 17.1. The Morgan fingerprint density at radius 3 is 2.48 bits per heavy atom. The van der Waals surface area contributed by atoms with Crippen LogP contribution in [0.5, 0.6) is 5.75 Å². The van der Waals surface area contributed by atoms with Crippen LogP contribution < -0.4 is 10.1 Å². The molecule has 1 amide bonds. The van der Waals surface area contributed by atoms with Crippen LogP contribution in [0, 0.1) is 0 Å². The summed E-state index contributed by atoms with van der Waals surface area (Å²) in [5.74, 6) is 1.57. The number of nitrogens with one attached hydrogen (secondary N) is 1. The summed E-state index contributed by atoms with van der Waals surface area (Å²) in [6, 6.07) is 24.7. The molecule has 0 spiro atoms. The molecular formula is C25H24ClN3O2. The quantitative estimate of drug-likeness (QED) is 0.355. The molecule has 3 aromatic carbocycles. The lowest BCUT2D eigenvalue weighted by Gasteiger charge is -2.11. The lowest BCUT2D eigenvalue weighted by molar-refractivity contribution is 0.0949. The van der Waals surface area contributed by atoms with Gasteiger partial charge in [0.1, 0.15) is 11.6 Å². The Morgan fingerprint density at radius 1 is 0.935 bits per heavy atom. The van der Waals surface area contributed by atoms with Gasteiger partial charge in [0.2, 0.25) is 0 Å². The number of rotatable bonds is 9. The molecular weight excluding hydrogens is 410 g/mol. The summed E-state index contributed by atoms with van der Waals surface area (Å²) in [7, 11) is 0. The molecule has 0 aliphatic rings. The van der Waals surface area contributed by atoms with E-state index >= 15 is 0 Å². The van der Waals surface area contributed by atoms with Crippen molar-refractivity contribution < 1.29 is 9.53 Å². The standard InChI is InChI=1S/C25H24ClN3O2/c26-20-12-14-21(15-13-20)31-17-7-6-16-29-23-11-5-4-10-22(23)28-24(29)18-27-25(30)19-8-2-1-3-9-19/h1-5,8-15H,6-7,16-18H2,(H,27,30). The number of aromatic nitrogens is 2. The second-order valence-corrected chi connectivity index (χ2v) is 7.66. The number of carbonyl (C=O) groups is 1. The fourth-order valence-corrected chi connectivity index (χ4v) is 3.58. The van der Waals surface area contributed by atoms with Crippen LogP contribution in [-0.2, 0) is 13.1 Å². The van der Waals surface area contributed by atoms with E-state index in [0.29, 0.717) is 23.7 Å². The number of hydrogen-bond donors (Lipinski definition) is 1. The Kier molecular flexibility index (Phi) is 6.85. The number of benzene rings is 3. The summed E-state index contributed by atoms with van der Waals surface area (Å²) in [5, 5.41) is 3.69. The van der Waals surface area contributed by atoms with Gasteiger partial charge in [-0.3, -0.25) is 4.79 Å². The van der Waals surface area contributed by atoms with Crippen LogP contribution in [-0.4, -0.2) is 22.1 Å². The minimum atomic E-state index is -0.101. The highest BCUT2D eigenvalue weighted by Crippen LogP contribution is 2.18. The number of amides is 1. The predicted molar refractivity (Wildman–Crippen MR) is 124 cm³/mol. The van der Waals surface area contributed by atoms with E-state index in [1.54, 1.807) is 12.1 Å². The first-order chi connectivity index (χ1) is 15.2. The van der Waals surface area contributed by atoms with Gasteiger partial charge in [-0.25, -0.2) is 4.98 Å². The summed E-state index contributed by atoms with van der Waals surface area (Å²) >= 11 is 5.90. The van der Waals surface area contributed by atoms with Gasteiger partial charge in [0, 0.05) is 17.1 Å². The van der Waals surface area contributed by atoms with Crippen molar-refractivity contribution in [1.82, 2.24) is 14.9 Å². The predicted octanol–water partition coefficient (Wildman–Crippen LogP) is 5.48. The summed E-state index contributed by atoms with van der Waals surface area (Å²) in [6.45, 7) is 1.82. The molecule has 4 aromatic rings. The maximum Gasteiger partial charge on any atom is 0.251 e. The molecule has 1 heterocycles. The van der Waals surface area contributed by atoms with Gasteiger partial charge < -0.3 is 14.6 Å². The molecule has 0 radical (unpaired) electrons. The first-order valence-corrected chi connectivity index (χ1v) is 10.7. The van der Waals surface area contributed by atoms with Crippen molar-refractivity contribution in [2.24, 2.45) is 0 Å². The third-order valence-electron chi connectivity index (χ3n) is 5.04. The number of carbonyl (C=O) groups excluding carboxylic acids is 1. The molecule has 0 fully saturated rings. The topological polar surface area (TPSA) is 56.2 Å². The summed E-state index contributed by atoms with van der Waals surface area (Å²) in [6.07, 6.45) is 1.85. The molecule has 0 bridgehead atoms. The molecule has 0 saturated carbocycles. The summed E-state index contributed by atoms with van der Waals surface area (Å²) in [5.41, 5.74) is 2.65. The highest BCUT2D eigenvalue weighted by Gasteiger charge is 2.12. The zero-order chi connectivity index (χ0) is 21.5. The van der Waals surface area contributed by atoms with Gasteiger partial charge in [0.25, 0.3) is 5.91 Å².